The van der Waals surface area contributed by atoms with Gasteiger partial charge in [-0.15, -0.1) is 0 Å². The number of piperidine rings is 1. The van der Waals surface area contributed by atoms with Gasteiger partial charge in [0.05, 0.1) is 6.04 Å². The molecule has 0 aliphatic carbocycles. The SMILES string of the molecule is CC(C(=O)NC(N)=O)N1CCC(CNC(C)(C)C)CC1. The van der Waals surface area contributed by atoms with E-state index in [9.17, 15) is 9.59 Å². The molecule has 1 fully saturated rings. The second kappa shape index (κ2) is 7.04. The Kier molecular flexibility index (Phi) is 5.95. The number of nitrogens with one attached hydrogen (secondary N) is 2. The van der Waals surface area contributed by atoms with Crippen molar-refractivity contribution in [2.45, 2.75) is 52.1 Å². The van der Waals surface area contributed by atoms with Gasteiger partial charge < -0.3 is 11.1 Å². The normalized spacial score (nSPS) is 19.6. The summed E-state index contributed by atoms with van der Waals surface area (Å²) in [6, 6.07) is -1.09. The molecule has 0 aromatic rings. The van der Waals surface area contributed by atoms with Crippen LogP contribution in [0.1, 0.15) is 40.5 Å². The Bertz CT molecular complexity index is 344. The number of imide groups is 1. The molecule has 1 aliphatic heterocycles. The number of hydrogen-bond donors (Lipinski definition) is 3. The molecule has 6 heteroatoms. The molecule has 0 spiro atoms. The average Bonchev–Trinajstić information content (AvgIpc) is 2.34. The van der Waals surface area contributed by atoms with Gasteiger partial charge >= 0.3 is 6.03 Å². The quantitative estimate of drug-likeness (QED) is 0.708. The molecule has 6 nitrogen and oxygen atoms in total. The molecule has 1 atom stereocenters. The van der Waals surface area contributed by atoms with E-state index in [2.05, 4.69) is 36.3 Å². The standard InChI is InChI=1S/C14H28N4O2/c1-10(12(19)17-13(15)20)18-7-5-11(6-8-18)9-16-14(2,3)4/h10-11,16H,5-9H2,1-4H3,(H3,15,17,19,20). The summed E-state index contributed by atoms with van der Waals surface area (Å²) in [5, 5.41) is 5.67. The van der Waals surface area contributed by atoms with Gasteiger partial charge in [0.15, 0.2) is 0 Å². The maximum absolute atomic E-state index is 11.7. The first-order valence-electron chi connectivity index (χ1n) is 7.28. The minimum atomic E-state index is -0.786. The number of primary amides is 1. The van der Waals surface area contributed by atoms with E-state index in [4.69, 9.17) is 5.73 Å². The second-order valence-electron chi connectivity index (χ2n) is 6.64. The molecule has 0 aromatic heterocycles. The lowest BCUT2D eigenvalue weighted by Gasteiger charge is -2.36. The third-order valence-corrected chi connectivity index (χ3v) is 3.74. The first-order valence-corrected chi connectivity index (χ1v) is 7.28. The fraction of sp³-hybridized carbons (Fsp3) is 0.857. The van der Waals surface area contributed by atoms with Gasteiger partial charge in [-0.25, -0.2) is 4.79 Å². The van der Waals surface area contributed by atoms with E-state index in [0.29, 0.717) is 5.92 Å². The molecule has 1 rings (SSSR count). The van der Waals surface area contributed by atoms with Crippen LogP contribution in [-0.2, 0) is 4.79 Å². The molecule has 0 radical (unpaired) electrons. The van der Waals surface area contributed by atoms with E-state index < -0.39 is 6.03 Å². The van der Waals surface area contributed by atoms with Gasteiger partial charge in [0, 0.05) is 5.54 Å². The second-order valence-corrected chi connectivity index (χ2v) is 6.64. The largest absolute Gasteiger partial charge is 0.351 e. The van der Waals surface area contributed by atoms with Gasteiger partial charge in [-0.05, 0) is 66.1 Å². The number of carbonyl (C=O) groups excluding carboxylic acids is 2. The van der Waals surface area contributed by atoms with Crippen LogP contribution in [0.2, 0.25) is 0 Å². The van der Waals surface area contributed by atoms with E-state index in [1.165, 1.54) is 0 Å². The van der Waals surface area contributed by atoms with Gasteiger partial charge in [0.25, 0.3) is 0 Å². The number of carbonyl (C=O) groups is 2. The Morgan fingerprint density at radius 3 is 2.30 bits per heavy atom. The zero-order valence-electron chi connectivity index (χ0n) is 13.0. The lowest BCUT2D eigenvalue weighted by Crippen LogP contribution is -2.51. The minimum absolute atomic E-state index is 0.145. The van der Waals surface area contributed by atoms with Crippen LogP contribution in [-0.4, -0.2) is 48.1 Å². The number of amides is 3. The Hall–Kier alpha value is -1.14. The molecule has 1 aliphatic rings. The molecule has 3 amide bonds. The van der Waals surface area contributed by atoms with Crippen molar-refractivity contribution < 1.29 is 9.59 Å². The Labute approximate surface area is 121 Å². The number of likely N-dealkylation sites (tertiary alicyclic amines) is 1. The highest BCUT2D eigenvalue weighted by Gasteiger charge is 2.27. The van der Waals surface area contributed by atoms with Gasteiger partial charge in [-0.2, -0.15) is 0 Å². The first kappa shape index (κ1) is 16.9. The Morgan fingerprint density at radius 1 is 1.30 bits per heavy atom. The highest BCUT2D eigenvalue weighted by molar-refractivity contribution is 5.96. The van der Waals surface area contributed by atoms with Crippen LogP contribution in [0.3, 0.4) is 0 Å². The minimum Gasteiger partial charge on any atom is -0.351 e. The van der Waals surface area contributed by atoms with Gasteiger partial charge in [0.1, 0.15) is 0 Å². The van der Waals surface area contributed by atoms with Crippen molar-refractivity contribution in [3.05, 3.63) is 0 Å². The number of nitrogens with zero attached hydrogens (tertiary/aromatic N) is 1. The average molecular weight is 284 g/mol. The van der Waals surface area contributed by atoms with Crippen LogP contribution in [0, 0.1) is 5.92 Å². The number of urea groups is 1. The van der Waals surface area contributed by atoms with E-state index in [-0.39, 0.29) is 17.5 Å². The van der Waals surface area contributed by atoms with E-state index in [0.717, 1.165) is 32.5 Å². The van der Waals surface area contributed by atoms with Crippen LogP contribution >= 0.6 is 0 Å². The van der Waals surface area contributed by atoms with Gasteiger partial charge in [-0.1, -0.05) is 0 Å². The molecule has 1 unspecified atom stereocenters. The highest BCUT2D eigenvalue weighted by Crippen LogP contribution is 2.19. The summed E-state index contributed by atoms with van der Waals surface area (Å²) < 4.78 is 0. The summed E-state index contributed by atoms with van der Waals surface area (Å²) in [5.74, 6) is 0.334. The smallest absolute Gasteiger partial charge is 0.318 e. The zero-order chi connectivity index (χ0) is 15.3. The van der Waals surface area contributed by atoms with Crippen molar-refractivity contribution in [1.82, 2.24) is 15.5 Å². The topological polar surface area (TPSA) is 87.5 Å². The summed E-state index contributed by atoms with van der Waals surface area (Å²) in [6.07, 6.45) is 2.13. The van der Waals surface area contributed by atoms with E-state index in [1.54, 1.807) is 0 Å². The van der Waals surface area contributed by atoms with Crippen molar-refractivity contribution in [2.24, 2.45) is 11.7 Å². The number of nitrogens with two attached hydrogens (primary N) is 1. The van der Waals surface area contributed by atoms with E-state index in [1.807, 2.05) is 6.92 Å². The van der Waals surface area contributed by atoms with Crippen LogP contribution in [0.15, 0.2) is 0 Å². The molecule has 20 heavy (non-hydrogen) atoms. The molecule has 0 aromatic carbocycles. The van der Waals surface area contributed by atoms with Crippen LogP contribution in [0.4, 0.5) is 4.79 Å². The third-order valence-electron chi connectivity index (χ3n) is 3.74. The molecular formula is C14H28N4O2. The van der Waals surface area contributed by atoms with Crippen molar-refractivity contribution in [1.29, 1.82) is 0 Å². The van der Waals surface area contributed by atoms with Crippen LogP contribution < -0.4 is 16.4 Å². The molecule has 4 N–H and O–H groups in total. The summed E-state index contributed by atoms with van der Waals surface area (Å²) in [4.78, 5) is 24.5. The van der Waals surface area contributed by atoms with Crippen LogP contribution in [0.25, 0.3) is 0 Å². The predicted octanol–water partition coefficient (Wildman–Crippen LogP) is 0.670. The van der Waals surface area contributed by atoms with E-state index >= 15 is 0 Å². The molecular weight excluding hydrogens is 256 g/mol. The number of rotatable bonds is 4. The molecule has 116 valence electrons. The number of hydrogen-bond acceptors (Lipinski definition) is 4. The molecule has 0 bridgehead atoms. The summed E-state index contributed by atoms with van der Waals surface area (Å²) in [6.45, 7) is 11.1. The third kappa shape index (κ3) is 5.88. The lowest BCUT2D eigenvalue weighted by molar-refractivity contribution is -0.125. The first-order chi connectivity index (χ1) is 9.19. The van der Waals surface area contributed by atoms with Crippen molar-refractivity contribution in [2.75, 3.05) is 19.6 Å². The summed E-state index contributed by atoms with van der Waals surface area (Å²) >= 11 is 0. The molecule has 1 saturated heterocycles. The van der Waals surface area contributed by atoms with Gasteiger partial charge in [0.2, 0.25) is 5.91 Å². The molecule has 1 heterocycles. The van der Waals surface area contributed by atoms with Crippen LogP contribution in [0.5, 0.6) is 0 Å². The maximum Gasteiger partial charge on any atom is 0.318 e. The Morgan fingerprint density at radius 2 is 1.85 bits per heavy atom. The monoisotopic (exact) mass is 284 g/mol. The fourth-order valence-corrected chi connectivity index (χ4v) is 2.39. The fourth-order valence-electron chi connectivity index (χ4n) is 2.39. The summed E-state index contributed by atoms with van der Waals surface area (Å²) in [5.41, 5.74) is 5.11. The Balaban J connectivity index is 2.34. The predicted molar refractivity (Wildman–Crippen MR) is 79.2 cm³/mol. The maximum atomic E-state index is 11.7. The highest BCUT2D eigenvalue weighted by atomic mass is 16.2. The molecule has 0 saturated carbocycles. The lowest BCUT2D eigenvalue weighted by atomic mass is 9.94. The van der Waals surface area contributed by atoms with Crippen molar-refractivity contribution in [3.8, 4) is 0 Å². The van der Waals surface area contributed by atoms with Crippen molar-refractivity contribution in [3.63, 3.8) is 0 Å². The summed E-state index contributed by atoms with van der Waals surface area (Å²) in [7, 11) is 0. The van der Waals surface area contributed by atoms with Gasteiger partial charge in [-0.3, -0.25) is 15.0 Å². The zero-order valence-corrected chi connectivity index (χ0v) is 13.0. The van der Waals surface area contributed by atoms with Crippen molar-refractivity contribution >= 4 is 11.9 Å².